The first-order valence-electron chi connectivity index (χ1n) is 7.73. The zero-order valence-corrected chi connectivity index (χ0v) is 13.7. The van der Waals surface area contributed by atoms with Gasteiger partial charge in [-0.1, -0.05) is 33.8 Å². The number of carbonyl (C=O) groups excluding carboxylic acids is 1. The summed E-state index contributed by atoms with van der Waals surface area (Å²) in [6, 6.07) is 4.83. The average Bonchev–Trinajstić information content (AvgIpc) is 2.46. The maximum atomic E-state index is 13.9. The summed E-state index contributed by atoms with van der Waals surface area (Å²) in [5, 5.41) is 2.81. The minimum absolute atomic E-state index is 0.0961. The van der Waals surface area contributed by atoms with E-state index in [0.717, 1.165) is 12.8 Å². The van der Waals surface area contributed by atoms with Crippen molar-refractivity contribution in [1.82, 2.24) is 4.90 Å². The third kappa shape index (κ3) is 4.19. The third-order valence-electron chi connectivity index (χ3n) is 3.70. The summed E-state index contributed by atoms with van der Waals surface area (Å²) in [6.07, 6.45) is 1.80. The van der Waals surface area contributed by atoms with Gasteiger partial charge in [0.15, 0.2) is 0 Å². The highest BCUT2D eigenvalue weighted by Crippen LogP contribution is 2.23. The van der Waals surface area contributed by atoms with E-state index < -0.39 is 5.82 Å². The minimum Gasteiger partial charge on any atom is -0.385 e. The Morgan fingerprint density at radius 3 is 2.38 bits per heavy atom. The van der Waals surface area contributed by atoms with Crippen molar-refractivity contribution in [3.63, 3.8) is 0 Å². The number of amides is 1. The molecule has 0 bridgehead atoms. The molecule has 118 valence electrons. The molecule has 0 aliphatic rings. The molecule has 0 saturated heterocycles. The van der Waals surface area contributed by atoms with E-state index in [2.05, 4.69) is 33.0 Å². The van der Waals surface area contributed by atoms with Gasteiger partial charge in [0.1, 0.15) is 5.82 Å². The van der Waals surface area contributed by atoms with Crippen molar-refractivity contribution < 1.29 is 9.18 Å². The first kappa shape index (κ1) is 17.5. The second-order valence-corrected chi connectivity index (χ2v) is 5.73. The number of para-hydroxylation sites is 1. The predicted octanol–water partition coefficient (Wildman–Crippen LogP) is 4.15. The molecule has 0 aromatic heterocycles. The van der Waals surface area contributed by atoms with Crippen LogP contribution >= 0.6 is 0 Å². The Morgan fingerprint density at radius 1 is 1.29 bits per heavy atom. The molecule has 0 heterocycles. The van der Waals surface area contributed by atoms with Crippen molar-refractivity contribution in [1.29, 1.82) is 0 Å². The highest BCUT2D eigenvalue weighted by Gasteiger charge is 2.25. The SMILES string of the molecule is CCC(CC)N(CC(C)C)C(=O)c1cccc(F)c1NC. The van der Waals surface area contributed by atoms with Gasteiger partial charge in [-0.25, -0.2) is 4.39 Å². The molecule has 0 atom stereocenters. The Kier molecular flexibility index (Phi) is 6.66. The summed E-state index contributed by atoms with van der Waals surface area (Å²) < 4.78 is 13.9. The fourth-order valence-corrected chi connectivity index (χ4v) is 2.63. The van der Waals surface area contributed by atoms with Gasteiger partial charge < -0.3 is 10.2 Å². The van der Waals surface area contributed by atoms with Crippen molar-refractivity contribution in [2.45, 2.75) is 46.6 Å². The lowest BCUT2D eigenvalue weighted by molar-refractivity contribution is 0.0641. The third-order valence-corrected chi connectivity index (χ3v) is 3.70. The summed E-state index contributed by atoms with van der Waals surface area (Å²) >= 11 is 0. The lowest BCUT2D eigenvalue weighted by atomic mass is 10.0. The van der Waals surface area contributed by atoms with Crippen molar-refractivity contribution in [2.24, 2.45) is 5.92 Å². The van der Waals surface area contributed by atoms with Gasteiger partial charge in [-0.15, -0.1) is 0 Å². The van der Waals surface area contributed by atoms with E-state index in [-0.39, 0.29) is 17.6 Å². The molecular weight excluding hydrogens is 267 g/mol. The van der Waals surface area contributed by atoms with Gasteiger partial charge in [0, 0.05) is 19.6 Å². The number of benzene rings is 1. The molecule has 1 N–H and O–H groups in total. The van der Waals surface area contributed by atoms with Gasteiger partial charge in [0.25, 0.3) is 5.91 Å². The van der Waals surface area contributed by atoms with Gasteiger partial charge in [-0.2, -0.15) is 0 Å². The standard InChI is InChI=1S/C17H27FN2O/c1-6-13(7-2)20(11-12(3)4)17(21)14-9-8-10-15(18)16(14)19-5/h8-10,12-13,19H,6-7,11H2,1-5H3. The molecule has 0 unspecified atom stereocenters. The molecule has 0 spiro atoms. The Balaban J connectivity index is 3.19. The molecule has 0 saturated carbocycles. The Labute approximate surface area is 127 Å². The minimum atomic E-state index is -0.391. The van der Waals surface area contributed by atoms with Crippen LogP contribution in [0.1, 0.15) is 50.9 Å². The number of hydrogen-bond acceptors (Lipinski definition) is 2. The molecule has 1 amide bonds. The summed E-state index contributed by atoms with van der Waals surface area (Å²) in [4.78, 5) is 14.8. The van der Waals surface area contributed by atoms with Crippen molar-refractivity contribution in [2.75, 3.05) is 18.9 Å². The van der Waals surface area contributed by atoms with Crippen LogP contribution in [0, 0.1) is 11.7 Å². The maximum absolute atomic E-state index is 13.9. The Hall–Kier alpha value is -1.58. The topological polar surface area (TPSA) is 32.3 Å². The Morgan fingerprint density at radius 2 is 1.90 bits per heavy atom. The highest BCUT2D eigenvalue weighted by atomic mass is 19.1. The van der Waals surface area contributed by atoms with Crippen LogP contribution in [0.3, 0.4) is 0 Å². The van der Waals surface area contributed by atoms with Crippen LogP contribution in [0.5, 0.6) is 0 Å². The van der Waals surface area contributed by atoms with Gasteiger partial charge >= 0.3 is 0 Å². The maximum Gasteiger partial charge on any atom is 0.256 e. The quantitative estimate of drug-likeness (QED) is 0.819. The number of hydrogen-bond donors (Lipinski definition) is 1. The van der Waals surface area contributed by atoms with Crippen LogP contribution in [0.15, 0.2) is 18.2 Å². The smallest absolute Gasteiger partial charge is 0.256 e. The first-order valence-corrected chi connectivity index (χ1v) is 7.73. The predicted molar refractivity (Wildman–Crippen MR) is 86.2 cm³/mol. The molecule has 3 nitrogen and oxygen atoms in total. The monoisotopic (exact) mass is 294 g/mol. The zero-order chi connectivity index (χ0) is 16.0. The number of carbonyl (C=O) groups is 1. The van der Waals surface area contributed by atoms with Gasteiger partial charge in [-0.05, 0) is 30.9 Å². The van der Waals surface area contributed by atoms with E-state index in [4.69, 9.17) is 0 Å². The number of nitrogens with one attached hydrogen (secondary N) is 1. The average molecular weight is 294 g/mol. The van der Waals surface area contributed by atoms with Crippen LogP contribution in [-0.4, -0.2) is 30.4 Å². The van der Waals surface area contributed by atoms with E-state index in [0.29, 0.717) is 18.0 Å². The van der Waals surface area contributed by atoms with E-state index in [1.54, 1.807) is 19.2 Å². The van der Waals surface area contributed by atoms with E-state index >= 15 is 0 Å². The second kappa shape index (κ2) is 8.01. The van der Waals surface area contributed by atoms with E-state index in [1.807, 2.05) is 4.90 Å². The van der Waals surface area contributed by atoms with Crippen molar-refractivity contribution in [3.8, 4) is 0 Å². The lowest BCUT2D eigenvalue weighted by Crippen LogP contribution is -2.42. The molecule has 0 radical (unpaired) electrons. The fraction of sp³-hybridized carbons (Fsp3) is 0.588. The lowest BCUT2D eigenvalue weighted by Gasteiger charge is -2.32. The summed E-state index contributed by atoms with van der Waals surface area (Å²) in [5.41, 5.74) is 0.687. The molecule has 1 aromatic carbocycles. The first-order chi connectivity index (χ1) is 9.96. The van der Waals surface area contributed by atoms with Gasteiger partial charge in [0.05, 0.1) is 11.3 Å². The van der Waals surface area contributed by atoms with Crippen molar-refractivity contribution >= 4 is 11.6 Å². The van der Waals surface area contributed by atoms with E-state index in [1.165, 1.54) is 6.07 Å². The summed E-state index contributed by atoms with van der Waals surface area (Å²) in [5.74, 6) is -0.111. The molecule has 0 fully saturated rings. The molecule has 0 aliphatic carbocycles. The molecule has 21 heavy (non-hydrogen) atoms. The molecular formula is C17H27FN2O. The van der Waals surface area contributed by atoms with Gasteiger partial charge in [0.2, 0.25) is 0 Å². The second-order valence-electron chi connectivity index (χ2n) is 5.73. The van der Waals surface area contributed by atoms with Crippen LogP contribution in [0.4, 0.5) is 10.1 Å². The number of halogens is 1. The molecule has 0 aliphatic heterocycles. The molecule has 1 aromatic rings. The van der Waals surface area contributed by atoms with Crippen LogP contribution in [0.25, 0.3) is 0 Å². The number of anilines is 1. The highest BCUT2D eigenvalue weighted by molar-refractivity contribution is 5.99. The Bertz CT molecular complexity index is 470. The summed E-state index contributed by atoms with van der Waals surface area (Å²) in [6.45, 7) is 9.03. The van der Waals surface area contributed by atoms with Crippen LogP contribution in [-0.2, 0) is 0 Å². The molecule has 4 heteroatoms. The zero-order valence-electron chi connectivity index (χ0n) is 13.7. The fourth-order valence-electron chi connectivity index (χ4n) is 2.63. The summed E-state index contributed by atoms with van der Waals surface area (Å²) in [7, 11) is 1.64. The normalized spacial score (nSPS) is 11.0. The number of nitrogens with zero attached hydrogens (tertiary/aromatic N) is 1. The van der Waals surface area contributed by atoms with Crippen LogP contribution in [0.2, 0.25) is 0 Å². The van der Waals surface area contributed by atoms with Gasteiger partial charge in [-0.3, -0.25) is 4.79 Å². The number of rotatable bonds is 7. The van der Waals surface area contributed by atoms with Crippen LogP contribution < -0.4 is 5.32 Å². The van der Waals surface area contributed by atoms with Crippen molar-refractivity contribution in [3.05, 3.63) is 29.6 Å². The van der Waals surface area contributed by atoms with E-state index in [9.17, 15) is 9.18 Å². The largest absolute Gasteiger partial charge is 0.385 e. The molecule has 1 rings (SSSR count).